The Bertz CT molecular complexity index is 1120. The Morgan fingerprint density at radius 3 is 2.39 bits per heavy atom. The number of hydrogen-bond donors (Lipinski definition) is 0. The minimum atomic E-state index is 0.308. The third-order valence-electron chi connectivity index (χ3n) is 7.50. The molecule has 0 aliphatic carbocycles. The summed E-state index contributed by atoms with van der Waals surface area (Å²) in [7, 11) is 0. The maximum Gasteiger partial charge on any atom is 0.222 e. The number of aryl methyl sites for hydroxylation is 1. The van der Waals surface area contributed by atoms with Gasteiger partial charge in [-0.15, -0.1) is 11.3 Å². The van der Waals surface area contributed by atoms with E-state index in [1.807, 2.05) is 4.90 Å². The molecule has 0 atom stereocenters. The van der Waals surface area contributed by atoms with Gasteiger partial charge in [-0.05, 0) is 44.0 Å². The summed E-state index contributed by atoms with van der Waals surface area (Å²) < 4.78 is 0. The monoisotopic (exact) mass is 506 g/mol. The number of rotatable bonds is 9. The Balaban J connectivity index is 0.984. The number of para-hydroxylation sites is 1. The maximum absolute atomic E-state index is 12.8. The molecule has 8 heteroatoms. The van der Waals surface area contributed by atoms with Gasteiger partial charge in [0.15, 0.2) is 0 Å². The van der Waals surface area contributed by atoms with E-state index in [0.717, 1.165) is 94.2 Å². The number of fused-ring (bicyclic) bond motifs is 1. The molecule has 2 aromatic heterocycles. The van der Waals surface area contributed by atoms with Gasteiger partial charge in [0, 0.05) is 69.3 Å². The van der Waals surface area contributed by atoms with E-state index < -0.39 is 0 Å². The van der Waals surface area contributed by atoms with Gasteiger partial charge in [-0.3, -0.25) is 9.69 Å². The van der Waals surface area contributed by atoms with Gasteiger partial charge in [0.1, 0.15) is 17.0 Å². The molecular formula is C28H38N6OS. The first-order valence-corrected chi connectivity index (χ1v) is 14.3. The number of aromatic nitrogens is 2. The van der Waals surface area contributed by atoms with Crippen molar-refractivity contribution in [1.82, 2.24) is 19.8 Å². The van der Waals surface area contributed by atoms with Gasteiger partial charge in [-0.25, -0.2) is 9.97 Å². The number of carbonyl (C=O) groups is 1. The van der Waals surface area contributed by atoms with Crippen LogP contribution in [0.4, 0.5) is 11.5 Å². The molecule has 2 aliphatic heterocycles. The van der Waals surface area contributed by atoms with Crippen LogP contribution in [-0.4, -0.2) is 84.6 Å². The molecule has 0 unspecified atom stereocenters. The Kier molecular flexibility index (Phi) is 8.33. The van der Waals surface area contributed by atoms with Gasteiger partial charge in [0.25, 0.3) is 0 Å². The second-order valence-electron chi connectivity index (χ2n) is 9.83. The number of unbranched alkanes of at least 4 members (excludes halogenated alkanes) is 2. The first-order chi connectivity index (χ1) is 17.7. The third kappa shape index (κ3) is 5.98. The molecule has 1 amide bonds. The van der Waals surface area contributed by atoms with E-state index >= 15 is 0 Å². The number of benzene rings is 1. The largest absolute Gasteiger partial charge is 0.369 e. The van der Waals surface area contributed by atoms with E-state index in [2.05, 4.69) is 68.0 Å². The summed E-state index contributed by atoms with van der Waals surface area (Å²) in [6.07, 6.45) is 6.66. The molecule has 0 saturated carbocycles. The zero-order chi connectivity index (χ0) is 24.7. The van der Waals surface area contributed by atoms with Crippen molar-refractivity contribution in [2.45, 2.75) is 39.0 Å². The van der Waals surface area contributed by atoms with Gasteiger partial charge < -0.3 is 14.7 Å². The van der Waals surface area contributed by atoms with Crippen molar-refractivity contribution < 1.29 is 4.79 Å². The van der Waals surface area contributed by atoms with Gasteiger partial charge in [0.05, 0.1) is 5.39 Å². The van der Waals surface area contributed by atoms with Crippen molar-refractivity contribution in [3.63, 3.8) is 0 Å². The second kappa shape index (κ2) is 12.0. The van der Waals surface area contributed by atoms with Gasteiger partial charge in [-0.2, -0.15) is 0 Å². The molecule has 0 radical (unpaired) electrons. The van der Waals surface area contributed by atoms with E-state index in [9.17, 15) is 4.79 Å². The van der Waals surface area contributed by atoms with Crippen LogP contribution in [0, 0.1) is 0 Å². The second-order valence-corrected chi connectivity index (χ2v) is 10.9. The van der Waals surface area contributed by atoms with E-state index in [4.69, 9.17) is 0 Å². The Labute approximate surface area is 218 Å². The molecule has 1 aromatic carbocycles. The predicted molar refractivity (Wildman–Crippen MR) is 149 cm³/mol. The van der Waals surface area contributed by atoms with Crippen molar-refractivity contribution in [2.75, 3.05) is 68.7 Å². The van der Waals surface area contributed by atoms with Crippen molar-refractivity contribution in [3.05, 3.63) is 47.6 Å². The fourth-order valence-corrected chi connectivity index (χ4v) is 6.23. The normalized spacial score (nSPS) is 17.2. The summed E-state index contributed by atoms with van der Waals surface area (Å²) in [6.45, 7) is 11.0. The number of nitrogens with zero attached hydrogens (tertiary/aromatic N) is 6. The fraction of sp³-hybridized carbons (Fsp3) is 0.536. The highest BCUT2D eigenvalue weighted by molar-refractivity contribution is 7.18. The summed E-state index contributed by atoms with van der Waals surface area (Å²) in [6, 6.07) is 12.9. The highest BCUT2D eigenvalue weighted by Gasteiger charge is 2.23. The highest BCUT2D eigenvalue weighted by atomic mass is 32.1. The minimum absolute atomic E-state index is 0.308. The molecule has 2 saturated heterocycles. The molecule has 36 heavy (non-hydrogen) atoms. The number of amides is 1. The average Bonchev–Trinajstić information content (AvgIpc) is 3.37. The van der Waals surface area contributed by atoms with Crippen LogP contribution in [0.25, 0.3) is 10.2 Å². The zero-order valence-corrected chi connectivity index (χ0v) is 22.3. The van der Waals surface area contributed by atoms with Gasteiger partial charge in [-0.1, -0.05) is 31.5 Å². The van der Waals surface area contributed by atoms with Crippen molar-refractivity contribution >= 4 is 39.0 Å². The SMILES string of the molecule is CCc1cc2c(N3CCN(C(=O)CCCCCN4CCN(c5ccccc5)CC4)CC3)ncnc2s1. The van der Waals surface area contributed by atoms with E-state index in [1.165, 1.54) is 17.0 Å². The lowest BCUT2D eigenvalue weighted by Gasteiger charge is -2.36. The van der Waals surface area contributed by atoms with Crippen LogP contribution in [0.3, 0.4) is 0 Å². The first-order valence-electron chi connectivity index (χ1n) is 13.5. The summed E-state index contributed by atoms with van der Waals surface area (Å²) in [5.41, 5.74) is 1.33. The third-order valence-corrected chi connectivity index (χ3v) is 8.69. The molecule has 2 aliphatic rings. The zero-order valence-electron chi connectivity index (χ0n) is 21.4. The number of carbonyl (C=O) groups excluding carboxylic acids is 1. The molecule has 0 spiro atoms. The summed E-state index contributed by atoms with van der Waals surface area (Å²) in [5.74, 6) is 1.33. The summed E-state index contributed by atoms with van der Waals surface area (Å²) in [4.78, 5) is 33.7. The van der Waals surface area contributed by atoms with Crippen molar-refractivity contribution in [1.29, 1.82) is 0 Å². The van der Waals surface area contributed by atoms with Crippen LogP contribution in [0.1, 0.15) is 37.5 Å². The highest BCUT2D eigenvalue weighted by Crippen LogP contribution is 2.31. The Hall–Kier alpha value is -2.71. The molecule has 3 aromatic rings. The fourth-order valence-electron chi connectivity index (χ4n) is 5.30. The van der Waals surface area contributed by atoms with E-state index in [0.29, 0.717) is 12.3 Å². The molecule has 2 fully saturated rings. The molecule has 0 N–H and O–H groups in total. The van der Waals surface area contributed by atoms with Crippen LogP contribution in [0.2, 0.25) is 0 Å². The number of hydrogen-bond acceptors (Lipinski definition) is 7. The molecular weight excluding hydrogens is 468 g/mol. The average molecular weight is 507 g/mol. The van der Waals surface area contributed by atoms with Crippen LogP contribution in [-0.2, 0) is 11.2 Å². The van der Waals surface area contributed by atoms with Gasteiger partial charge in [0.2, 0.25) is 5.91 Å². The first kappa shape index (κ1) is 25.0. The smallest absolute Gasteiger partial charge is 0.222 e. The number of thiophene rings is 1. The molecule has 192 valence electrons. The summed E-state index contributed by atoms with van der Waals surface area (Å²) in [5, 5.41) is 1.15. The van der Waals surface area contributed by atoms with Gasteiger partial charge >= 0.3 is 0 Å². The standard InChI is InChI=1S/C28H38N6OS/c1-2-24-21-25-27(29-22-30-28(25)36-24)34-19-17-33(18-20-34)26(35)11-7-4-8-12-31-13-15-32(16-14-31)23-9-5-3-6-10-23/h3,5-6,9-10,21-22H,2,4,7-8,11-20H2,1H3. The van der Waals surface area contributed by atoms with Crippen LogP contribution >= 0.6 is 11.3 Å². The minimum Gasteiger partial charge on any atom is -0.369 e. The predicted octanol–water partition coefficient (Wildman–Crippen LogP) is 4.28. The van der Waals surface area contributed by atoms with Crippen LogP contribution in [0.15, 0.2) is 42.7 Å². The molecule has 5 rings (SSSR count). The van der Waals surface area contributed by atoms with Crippen molar-refractivity contribution in [2.24, 2.45) is 0 Å². The number of anilines is 2. The summed E-state index contributed by atoms with van der Waals surface area (Å²) >= 11 is 1.75. The Morgan fingerprint density at radius 2 is 1.64 bits per heavy atom. The van der Waals surface area contributed by atoms with E-state index in [-0.39, 0.29) is 0 Å². The maximum atomic E-state index is 12.8. The topological polar surface area (TPSA) is 55.8 Å². The lowest BCUT2D eigenvalue weighted by Crippen LogP contribution is -2.49. The number of piperazine rings is 2. The van der Waals surface area contributed by atoms with E-state index in [1.54, 1.807) is 17.7 Å². The lowest BCUT2D eigenvalue weighted by molar-refractivity contribution is -0.131. The van der Waals surface area contributed by atoms with Crippen LogP contribution < -0.4 is 9.80 Å². The Morgan fingerprint density at radius 1 is 0.889 bits per heavy atom. The molecule has 0 bridgehead atoms. The lowest BCUT2D eigenvalue weighted by atomic mass is 10.1. The molecule has 4 heterocycles. The van der Waals surface area contributed by atoms with Crippen molar-refractivity contribution in [3.8, 4) is 0 Å². The van der Waals surface area contributed by atoms with Crippen LogP contribution in [0.5, 0.6) is 0 Å². The molecule has 7 nitrogen and oxygen atoms in total. The quantitative estimate of drug-likeness (QED) is 0.404.